The molecule has 0 aromatic heterocycles. The van der Waals surface area contributed by atoms with Gasteiger partial charge in [0.05, 0.1) is 17.6 Å². The number of nitrogens with one attached hydrogen (secondary N) is 1. The van der Waals surface area contributed by atoms with Crippen molar-refractivity contribution in [3.05, 3.63) is 59.7 Å². The van der Waals surface area contributed by atoms with Crippen LogP contribution in [0.25, 0.3) is 0 Å². The molecule has 8 nitrogen and oxygen atoms in total. The minimum absolute atomic E-state index is 0.0589. The molecule has 0 fully saturated rings. The molecule has 1 N–H and O–H groups in total. The Kier molecular flexibility index (Phi) is 7.13. The first-order chi connectivity index (χ1) is 13.3. The summed E-state index contributed by atoms with van der Waals surface area (Å²) in [6.07, 6.45) is 0. The van der Waals surface area contributed by atoms with Crippen molar-refractivity contribution in [1.29, 1.82) is 0 Å². The zero-order chi connectivity index (χ0) is 20.7. The molecule has 28 heavy (non-hydrogen) atoms. The zero-order valence-electron chi connectivity index (χ0n) is 15.8. The van der Waals surface area contributed by atoms with E-state index in [-0.39, 0.29) is 17.0 Å². The smallest absolute Gasteiger partial charge is 0.338 e. The number of carbonyl (C=O) groups excluding carboxylic acids is 2. The van der Waals surface area contributed by atoms with Crippen LogP contribution in [0, 0.1) is 0 Å². The van der Waals surface area contributed by atoms with E-state index in [2.05, 4.69) is 5.32 Å². The van der Waals surface area contributed by atoms with Crippen molar-refractivity contribution in [2.75, 3.05) is 27.8 Å². The molecule has 9 heteroatoms. The highest BCUT2D eigenvalue weighted by atomic mass is 32.2. The van der Waals surface area contributed by atoms with Crippen molar-refractivity contribution < 1.29 is 27.5 Å². The van der Waals surface area contributed by atoms with E-state index in [0.29, 0.717) is 5.75 Å². The SMILES string of the molecule is COc1ccccc1CNC(=O)COC(=O)c1ccc(S(=O)(=O)N(C)C)cc1. The minimum Gasteiger partial charge on any atom is -0.496 e. The van der Waals surface area contributed by atoms with Gasteiger partial charge in [0.15, 0.2) is 6.61 Å². The predicted molar refractivity (Wildman–Crippen MR) is 102 cm³/mol. The number of hydrogen-bond acceptors (Lipinski definition) is 6. The topological polar surface area (TPSA) is 102 Å². The molecule has 0 spiro atoms. The van der Waals surface area contributed by atoms with E-state index >= 15 is 0 Å². The summed E-state index contributed by atoms with van der Waals surface area (Å²) in [6, 6.07) is 12.5. The van der Waals surface area contributed by atoms with Gasteiger partial charge in [-0.05, 0) is 30.3 Å². The Morgan fingerprint density at radius 3 is 2.29 bits per heavy atom. The molecule has 0 aliphatic rings. The minimum atomic E-state index is -3.58. The van der Waals surface area contributed by atoms with Gasteiger partial charge in [-0.1, -0.05) is 18.2 Å². The Morgan fingerprint density at radius 1 is 1.04 bits per heavy atom. The summed E-state index contributed by atoms with van der Waals surface area (Å²) >= 11 is 0. The monoisotopic (exact) mass is 406 g/mol. The summed E-state index contributed by atoms with van der Waals surface area (Å²) < 4.78 is 35.3. The fraction of sp³-hybridized carbons (Fsp3) is 0.263. The van der Waals surface area contributed by atoms with Gasteiger partial charge in [0.1, 0.15) is 5.75 Å². The van der Waals surface area contributed by atoms with Gasteiger partial charge in [-0.2, -0.15) is 0 Å². The number of hydrogen-bond donors (Lipinski definition) is 1. The molecule has 0 heterocycles. The van der Waals surface area contributed by atoms with E-state index in [9.17, 15) is 18.0 Å². The predicted octanol–water partition coefficient (Wildman–Crippen LogP) is 1.42. The van der Waals surface area contributed by atoms with Crippen LogP contribution in [-0.4, -0.2) is 52.4 Å². The van der Waals surface area contributed by atoms with Crippen molar-refractivity contribution in [3.8, 4) is 5.75 Å². The molecule has 1 amide bonds. The van der Waals surface area contributed by atoms with Gasteiger partial charge in [-0.3, -0.25) is 4.79 Å². The van der Waals surface area contributed by atoms with Crippen LogP contribution in [0.15, 0.2) is 53.4 Å². The first-order valence-electron chi connectivity index (χ1n) is 8.34. The molecule has 0 unspecified atom stereocenters. The first-order valence-corrected chi connectivity index (χ1v) is 9.78. The van der Waals surface area contributed by atoms with Gasteiger partial charge in [0, 0.05) is 26.2 Å². The number of ether oxygens (including phenoxy) is 2. The lowest BCUT2D eigenvalue weighted by atomic mass is 10.2. The van der Waals surface area contributed by atoms with Gasteiger partial charge in [-0.25, -0.2) is 17.5 Å². The number of carbonyl (C=O) groups is 2. The number of sulfonamides is 1. The van der Waals surface area contributed by atoms with Crippen LogP contribution in [0.3, 0.4) is 0 Å². The van der Waals surface area contributed by atoms with Gasteiger partial charge >= 0.3 is 5.97 Å². The van der Waals surface area contributed by atoms with Gasteiger partial charge in [-0.15, -0.1) is 0 Å². The van der Waals surface area contributed by atoms with E-state index in [0.717, 1.165) is 9.87 Å². The third kappa shape index (κ3) is 5.30. The number of benzene rings is 2. The number of methoxy groups -OCH3 is 1. The molecule has 0 saturated carbocycles. The summed E-state index contributed by atoms with van der Waals surface area (Å²) in [5.74, 6) is -0.542. The summed E-state index contributed by atoms with van der Waals surface area (Å²) in [5, 5.41) is 2.64. The standard InChI is InChI=1S/C19H22N2O6S/c1-21(2)28(24,25)16-10-8-14(9-11-16)19(23)27-13-18(22)20-12-15-6-4-5-7-17(15)26-3/h4-11H,12-13H2,1-3H3,(H,20,22). The maximum Gasteiger partial charge on any atom is 0.338 e. The molecule has 0 radical (unpaired) electrons. The largest absolute Gasteiger partial charge is 0.496 e. The molecule has 0 bridgehead atoms. The molecule has 0 aliphatic carbocycles. The Hall–Kier alpha value is -2.91. The molecule has 150 valence electrons. The molecule has 2 aromatic carbocycles. The van der Waals surface area contributed by atoms with Crippen molar-refractivity contribution in [3.63, 3.8) is 0 Å². The Labute approximate surface area is 164 Å². The van der Waals surface area contributed by atoms with E-state index in [1.165, 1.54) is 45.5 Å². The number of amides is 1. The van der Waals surface area contributed by atoms with Gasteiger partial charge < -0.3 is 14.8 Å². The number of para-hydroxylation sites is 1. The fourth-order valence-corrected chi connectivity index (χ4v) is 3.18. The number of rotatable bonds is 8. The van der Waals surface area contributed by atoms with Crippen molar-refractivity contribution in [2.45, 2.75) is 11.4 Å². The highest BCUT2D eigenvalue weighted by Gasteiger charge is 2.18. The van der Waals surface area contributed by atoms with Crippen LogP contribution in [-0.2, 0) is 26.1 Å². The normalized spacial score (nSPS) is 11.1. The van der Waals surface area contributed by atoms with E-state index in [4.69, 9.17) is 9.47 Å². The molecular weight excluding hydrogens is 384 g/mol. The Morgan fingerprint density at radius 2 is 1.68 bits per heavy atom. The van der Waals surface area contributed by atoms with Gasteiger partial charge in [0.2, 0.25) is 10.0 Å². The van der Waals surface area contributed by atoms with Crippen LogP contribution < -0.4 is 10.1 Å². The van der Waals surface area contributed by atoms with Crippen LogP contribution in [0.4, 0.5) is 0 Å². The van der Waals surface area contributed by atoms with Crippen LogP contribution in [0.1, 0.15) is 15.9 Å². The summed E-state index contributed by atoms with van der Waals surface area (Å²) in [6.45, 7) is -0.219. The maximum atomic E-state index is 12.0. The lowest BCUT2D eigenvalue weighted by Crippen LogP contribution is -2.28. The molecule has 0 atom stereocenters. The zero-order valence-corrected chi connectivity index (χ0v) is 16.7. The quantitative estimate of drug-likeness (QED) is 0.665. The summed E-state index contributed by atoms with van der Waals surface area (Å²) in [7, 11) is 0.797. The lowest BCUT2D eigenvalue weighted by Gasteiger charge is -2.12. The Balaban J connectivity index is 1.88. The molecule has 2 aromatic rings. The van der Waals surface area contributed by atoms with E-state index in [1.807, 2.05) is 18.2 Å². The fourth-order valence-electron chi connectivity index (χ4n) is 2.28. The second-order valence-electron chi connectivity index (χ2n) is 5.98. The summed E-state index contributed by atoms with van der Waals surface area (Å²) in [4.78, 5) is 24.0. The molecule has 0 saturated heterocycles. The second kappa shape index (κ2) is 9.34. The first kappa shape index (κ1) is 21.4. The van der Waals surface area contributed by atoms with E-state index in [1.54, 1.807) is 6.07 Å². The van der Waals surface area contributed by atoms with Gasteiger partial charge in [0.25, 0.3) is 5.91 Å². The van der Waals surface area contributed by atoms with Crippen molar-refractivity contribution in [2.24, 2.45) is 0 Å². The third-order valence-electron chi connectivity index (χ3n) is 3.87. The lowest BCUT2D eigenvalue weighted by molar-refractivity contribution is -0.124. The average molecular weight is 406 g/mol. The molecule has 2 rings (SSSR count). The van der Waals surface area contributed by atoms with Crippen molar-refractivity contribution in [1.82, 2.24) is 9.62 Å². The Bertz CT molecular complexity index is 939. The highest BCUT2D eigenvalue weighted by Crippen LogP contribution is 2.17. The van der Waals surface area contributed by atoms with Crippen molar-refractivity contribution >= 4 is 21.9 Å². The molecule has 0 aliphatic heterocycles. The average Bonchev–Trinajstić information content (AvgIpc) is 2.70. The van der Waals surface area contributed by atoms with Crippen LogP contribution in [0.5, 0.6) is 5.75 Å². The highest BCUT2D eigenvalue weighted by molar-refractivity contribution is 7.89. The number of nitrogens with zero attached hydrogens (tertiary/aromatic N) is 1. The van der Waals surface area contributed by atoms with Crippen LogP contribution in [0.2, 0.25) is 0 Å². The third-order valence-corrected chi connectivity index (χ3v) is 5.70. The van der Waals surface area contributed by atoms with Crippen LogP contribution >= 0.6 is 0 Å². The second-order valence-corrected chi connectivity index (χ2v) is 8.13. The maximum absolute atomic E-state index is 12.0. The molecular formula is C19H22N2O6S. The summed E-state index contributed by atoms with van der Waals surface area (Å²) in [5.41, 5.74) is 0.942. The number of esters is 1. The van der Waals surface area contributed by atoms with E-state index < -0.39 is 28.5 Å².